The van der Waals surface area contributed by atoms with Gasteiger partial charge >= 0.3 is 12.2 Å². The first-order chi connectivity index (χ1) is 13.3. The Morgan fingerprint density at radius 1 is 1.04 bits per heavy atom. The number of carbonyl (C=O) groups is 1. The number of nitrogens with zero attached hydrogens (tertiary/aromatic N) is 2. The predicted molar refractivity (Wildman–Crippen MR) is 110 cm³/mol. The number of alkyl halides is 3. The second-order valence-corrected chi connectivity index (χ2v) is 7.95. The number of amides is 2. The van der Waals surface area contributed by atoms with Crippen LogP contribution < -0.4 is 5.32 Å². The second kappa shape index (κ2) is 9.13. The molecule has 3 rings (SSSR count). The monoisotopic (exact) mass is 503 g/mol. The fourth-order valence-corrected chi connectivity index (χ4v) is 3.69. The van der Waals surface area contributed by atoms with E-state index in [1.54, 1.807) is 11.0 Å². The summed E-state index contributed by atoms with van der Waals surface area (Å²) < 4.78 is 40.1. The van der Waals surface area contributed by atoms with Gasteiger partial charge in [0.05, 0.1) is 5.56 Å². The van der Waals surface area contributed by atoms with E-state index in [9.17, 15) is 18.0 Å². The second-order valence-electron chi connectivity index (χ2n) is 6.71. The molecular weight excluding hydrogens is 482 g/mol. The minimum Gasteiger partial charge on any atom is -0.334 e. The summed E-state index contributed by atoms with van der Waals surface area (Å²) in [6.45, 7) is 3.26. The largest absolute Gasteiger partial charge is 0.416 e. The van der Waals surface area contributed by atoms with E-state index in [1.807, 2.05) is 40.8 Å². The maximum absolute atomic E-state index is 13.2. The molecule has 150 valence electrons. The zero-order valence-electron chi connectivity index (χ0n) is 15.2. The first-order valence-electron chi connectivity index (χ1n) is 8.97. The number of carbonyl (C=O) groups excluding carboxylic acids is 1. The molecule has 0 saturated carbocycles. The Hall–Kier alpha value is -1.81. The van der Waals surface area contributed by atoms with Crippen molar-refractivity contribution in [3.05, 3.63) is 68.8 Å². The Labute approximate surface area is 175 Å². The van der Waals surface area contributed by atoms with Crippen LogP contribution in [0, 0.1) is 3.57 Å². The summed E-state index contributed by atoms with van der Waals surface area (Å²) in [5.74, 6) is 0. The minimum absolute atomic E-state index is 0.0731. The summed E-state index contributed by atoms with van der Waals surface area (Å²) in [6, 6.07) is 13.9. The summed E-state index contributed by atoms with van der Waals surface area (Å²) in [4.78, 5) is 16.3. The van der Waals surface area contributed by atoms with Crippen molar-refractivity contribution in [2.45, 2.75) is 19.3 Å². The lowest BCUT2D eigenvalue weighted by molar-refractivity contribution is -0.138. The molecule has 1 saturated heterocycles. The maximum Gasteiger partial charge on any atom is 0.416 e. The zero-order valence-corrected chi connectivity index (χ0v) is 17.3. The fourth-order valence-electron chi connectivity index (χ4n) is 3.20. The lowest BCUT2D eigenvalue weighted by atomic mass is 10.1. The molecule has 1 heterocycles. The van der Waals surface area contributed by atoms with E-state index in [0.717, 1.165) is 25.7 Å². The van der Waals surface area contributed by atoms with E-state index in [4.69, 9.17) is 0 Å². The van der Waals surface area contributed by atoms with Crippen LogP contribution in [0.5, 0.6) is 0 Å². The standard InChI is InChI=1S/C20H21F3IN3O/c21-20(22,23)18-12-17(24)7-6-16(18)13-25-19(28)27-10-8-26(9-11-27)14-15-4-2-1-3-5-15/h1-7,12H,8-11,13-14H2,(H,25,28). The lowest BCUT2D eigenvalue weighted by Gasteiger charge is -2.34. The predicted octanol–water partition coefficient (Wildman–Crippen LogP) is 4.34. The van der Waals surface area contributed by atoms with Gasteiger partial charge in [-0.1, -0.05) is 36.4 Å². The molecule has 1 N–H and O–H groups in total. The van der Waals surface area contributed by atoms with Crippen molar-refractivity contribution in [2.75, 3.05) is 26.2 Å². The van der Waals surface area contributed by atoms with Crippen LogP contribution in [-0.4, -0.2) is 42.0 Å². The summed E-state index contributed by atoms with van der Waals surface area (Å²) >= 11 is 1.85. The van der Waals surface area contributed by atoms with E-state index >= 15 is 0 Å². The average molecular weight is 503 g/mol. The molecular formula is C20H21F3IN3O. The molecule has 2 aromatic carbocycles. The summed E-state index contributed by atoms with van der Waals surface area (Å²) in [6.07, 6.45) is -4.44. The summed E-state index contributed by atoms with van der Waals surface area (Å²) in [5, 5.41) is 2.63. The lowest BCUT2D eigenvalue weighted by Crippen LogP contribution is -2.51. The Balaban J connectivity index is 1.52. The van der Waals surface area contributed by atoms with Crippen molar-refractivity contribution in [2.24, 2.45) is 0 Å². The average Bonchev–Trinajstić information content (AvgIpc) is 2.67. The number of hydrogen-bond acceptors (Lipinski definition) is 2. The number of halogens is 4. The molecule has 0 unspecified atom stereocenters. The van der Waals surface area contributed by atoms with E-state index in [1.165, 1.54) is 11.6 Å². The van der Waals surface area contributed by atoms with Crippen molar-refractivity contribution in [1.29, 1.82) is 0 Å². The van der Waals surface area contributed by atoms with E-state index in [-0.39, 0.29) is 18.1 Å². The van der Waals surface area contributed by atoms with Gasteiger partial charge in [-0.25, -0.2) is 4.79 Å². The van der Waals surface area contributed by atoms with Crippen molar-refractivity contribution in [1.82, 2.24) is 15.1 Å². The molecule has 0 atom stereocenters. The number of piperazine rings is 1. The smallest absolute Gasteiger partial charge is 0.334 e. The van der Waals surface area contributed by atoms with Crippen LogP contribution in [0.25, 0.3) is 0 Å². The van der Waals surface area contributed by atoms with Gasteiger partial charge in [-0.15, -0.1) is 0 Å². The maximum atomic E-state index is 13.2. The minimum atomic E-state index is -4.44. The normalized spacial score (nSPS) is 15.5. The topological polar surface area (TPSA) is 35.6 Å². The van der Waals surface area contributed by atoms with E-state index in [2.05, 4.69) is 22.3 Å². The van der Waals surface area contributed by atoms with Crippen LogP contribution in [0.4, 0.5) is 18.0 Å². The Morgan fingerprint density at radius 3 is 2.36 bits per heavy atom. The van der Waals surface area contributed by atoms with Gasteiger partial charge in [0.15, 0.2) is 0 Å². The van der Waals surface area contributed by atoms with E-state index in [0.29, 0.717) is 16.7 Å². The van der Waals surface area contributed by atoms with Crippen LogP contribution in [0.2, 0.25) is 0 Å². The van der Waals surface area contributed by atoms with Gasteiger partial charge in [0.25, 0.3) is 0 Å². The highest BCUT2D eigenvalue weighted by Gasteiger charge is 2.33. The zero-order chi connectivity index (χ0) is 20.1. The van der Waals surface area contributed by atoms with Gasteiger partial charge in [0.2, 0.25) is 0 Å². The van der Waals surface area contributed by atoms with Crippen LogP contribution in [0.15, 0.2) is 48.5 Å². The molecule has 1 aliphatic heterocycles. The van der Waals surface area contributed by atoms with Crippen molar-refractivity contribution < 1.29 is 18.0 Å². The molecule has 1 aliphatic rings. The van der Waals surface area contributed by atoms with Gasteiger partial charge < -0.3 is 10.2 Å². The molecule has 2 amide bonds. The van der Waals surface area contributed by atoms with Crippen molar-refractivity contribution in [3.63, 3.8) is 0 Å². The first-order valence-corrected chi connectivity index (χ1v) is 10.1. The van der Waals surface area contributed by atoms with Crippen LogP contribution in [-0.2, 0) is 19.3 Å². The highest BCUT2D eigenvalue weighted by molar-refractivity contribution is 14.1. The van der Waals surface area contributed by atoms with Gasteiger partial charge in [-0.3, -0.25) is 4.90 Å². The number of urea groups is 1. The summed E-state index contributed by atoms with van der Waals surface area (Å²) in [7, 11) is 0. The third-order valence-corrected chi connectivity index (χ3v) is 5.39. The van der Waals surface area contributed by atoms with Crippen LogP contribution in [0.3, 0.4) is 0 Å². The van der Waals surface area contributed by atoms with Crippen LogP contribution in [0.1, 0.15) is 16.7 Å². The highest BCUT2D eigenvalue weighted by atomic mass is 127. The quantitative estimate of drug-likeness (QED) is 0.631. The van der Waals surface area contributed by atoms with Crippen molar-refractivity contribution >= 4 is 28.6 Å². The van der Waals surface area contributed by atoms with Gasteiger partial charge in [-0.2, -0.15) is 13.2 Å². The van der Waals surface area contributed by atoms with Gasteiger partial charge in [0, 0.05) is 42.8 Å². The molecule has 0 aliphatic carbocycles. The summed E-state index contributed by atoms with van der Waals surface area (Å²) in [5.41, 5.74) is 0.593. The van der Waals surface area contributed by atoms with E-state index < -0.39 is 11.7 Å². The third kappa shape index (κ3) is 5.60. The molecule has 28 heavy (non-hydrogen) atoms. The number of benzene rings is 2. The SMILES string of the molecule is O=C(NCc1ccc(I)cc1C(F)(F)F)N1CCN(Cc2ccccc2)CC1. The number of rotatable bonds is 4. The third-order valence-electron chi connectivity index (χ3n) is 4.72. The number of hydrogen-bond donors (Lipinski definition) is 1. The first kappa shape index (κ1) is 20.9. The Morgan fingerprint density at radius 2 is 1.71 bits per heavy atom. The molecule has 0 bridgehead atoms. The van der Waals surface area contributed by atoms with Gasteiger partial charge in [0.1, 0.15) is 0 Å². The van der Waals surface area contributed by atoms with Crippen molar-refractivity contribution in [3.8, 4) is 0 Å². The fraction of sp³-hybridized carbons (Fsp3) is 0.350. The molecule has 2 aromatic rings. The molecule has 1 fully saturated rings. The van der Waals surface area contributed by atoms with Gasteiger partial charge in [-0.05, 0) is 45.9 Å². The Kier molecular flexibility index (Phi) is 6.82. The molecule has 0 radical (unpaired) electrons. The molecule has 8 heteroatoms. The molecule has 0 spiro atoms. The highest BCUT2D eigenvalue weighted by Crippen LogP contribution is 2.33. The number of nitrogens with one attached hydrogen (secondary N) is 1. The Bertz CT molecular complexity index is 806. The van der Waals surface area contributed by atoms with Crippen LogP contribution >= 0.6 is 22.6 Å². The molecule has 4 nitrogen and oxygen atoms in total. The molecule has 0 aromatic heterocycles.